The van der Waals surface area contributed by atoms with E-state index < -0.39 is 4.92 Å². The maximum absolute atomic E-state index is 10.7. The summed E-state index contributed by atoms with van der Waals surface area (Å²) < 4.78 is 5.36. The number of benzene rings is 1. The van der Waals surface area contributed by atoms with Crippen molar-refractivity contribution < 1.29 is 9.34 Å². The van der Waals surface area contributed by atoms with Gasteiger partial charge < -0.3 is 9.73 Å². The minimum absolute atomic E-state index is 0.0355. The van der Waals surface area contributed by atoms with E-state index in [0.29, 0.717) is 24.0 Å². The molecule has 0 amide bonds. The van der Waals surface area contributed by atoms with Crippen molar-refractivity contribution in [2.45, 2.75) is 25.4 Å². The van der Waals surface area contributed by atoms with Crippen LogP contribution < -0.4 is 5.32 Å². The molecule has 1 saturated carbocycles. The minimum Gasteiger partial charge on any atom is -0.444 e. The third kappa shape index (κ3) is 2.79. The van der Waals surface area contributed by atoms with E-state index in [2.05, 4.69) is 10.3 Å². The van der Waals surface area contributed by atoms with Gasteiger partial charge in [-0.1, -0.05) is 6.07 Å². The number of nitro benzene ring substituents is 1. The molecule has 98 valence electrons. The summed E-state index contributed by atoms with van der Waals surface area (Å²) in [7, 11) is 0. The SMILES string of the molecule is O=[N+]([O-])c1cccc(-c2nc(CNC3CC3)co2)c1. The molecule has 0 aliphatic heterocycles. The highest BCUT2D eigenvalue weighted by molar-refractivity contribution is 5.57. The van der Waals surface area contributed by atoms with Crippen molar-refractivity contribution in [2.24, 2.45) is 0 Å². The first-order chi connectivity index (χ1) is 9.22. The fourth-order valence-corrected chi connectivity index (χ4v) is 1.81. The first kappa shape index (κ1) is 11.9. The number of rotatable bonds is 5. The first-order valence-electron chi connectivity index (χ1n) is 6.15. The lowest BCUT2D eigenvalue weighted by atomic mass is 10.2. The first-order valence-corrected chi connectivity index (χ1v) is 6.15. The van der Waals surface area contributed by atoms with E-state index in [-0.39, 0.29) is 5.69 Å². The van der Waals surface area contributed by atoms with E-state index in [4.69, 9.17) is 4.42 Å². The Morgan fingerprint density at radius 3 is 3.05 bits per heavy atom. The van der Waals surface area contributed by atoms with Crippen LogP contribution in [0.4, 0.5) is 5.69 Å². The summed E-state index contributed by atoms with van der Waals surface area (Å²) in [6.45, 7) is 0.670. The van der Waals surface area contributed by atoms with Crippen LogP contribution in [0.1, 0.15) is 18.5 Å². The smallest absolute Gasteiger partial charge is 0.270 e. The van der Waals surface area contributed by atoms with Crippen molar-refractivity contribution in [3.8, 4) is 11.5 Å². The van der Waals surface area contributed by atoms with Gasteiger partial charge in [-0.25, -0.2) is 4.98 Å². The number of aromatic nitrogens is 1. The summed E-state index contributed by atoms with van der Waals surface area (Å²) in [5, 5.41) is 14.1. The number of hydrogen-bond donors (Lipinski definition) is 1. The van der Waals surface area contributed by atoms with E-state index in [9.17, 15) is 10.1 Å². The van der Waals surface area contributed by atoms with E-state index >= 15 is 0 Å². The fraction of sp³-hybridized carbons (Fsp3) is 0.308. The molecule has 0 radical (unpaired) electrons. The van der Waals surface area contributed by atoms with Crippen molar-refractivity contribution >= 4 is 5.69 Å². The predicted octanol–water partition coefficient (Wildman–Crippen LogP) is 2.50. The van der Waals surface area contributed by atoms with Gasteiger partial charge in [0.15, 0.2) is 0 Å². The second-order valence-electron chi connectivity index (χ2n) is 4.61. The number of nitrogens with zero attached hydrogens (tertiary/aromatic N) is 2. The van der Waals surface area contributed by atoms with Crippen LogP contribution in [0.5, 0.6) is 0 Å². The zero-order chi connectivity index (χ0) is 13.2. The summed E-state index contributed by atoms with van der Waals surface area (Å²) in [6.07, 6.45) is 4.02. The maximum Gasteiger partial charge on any atom is 0.270 e. The highest BCUT2D eigenvalue weighted by atomic mass is 16.6. The molecule has 1 aromatic carbocycles. The third-order valence-corrected chi connectivity index (χ3v) is 3.00. The average molecular weight is 259 g/mol. The van der Waals surface area contributed by atoms with Gasteiger partial charge in [0.05, 0.1) is 10.6 Å². The molecule has 2 aromatic rings. The molecule has 6 nitrogen and oxygen atoms in total. The lowest BCUT2D eigenvalue weighted by Gasteiger charge is -1.97. The molecule has 1 aliphatic rings. The van der Waals surface area contributed by atoms with Gasteiger partial charge in [-0.15, -0.1) is 0 Å². The molecule has 19 heavy (non-hydrogen) atoms. The number of oxazole rings is 1. The summed E-state index contributed by atoms with van der Waals surface area (Å²) in [4.78, 5) is 14.6. The normalized spacial score (nSPS) is 14.5. The monoisotopic (exact) mass is 259 g/mol. The van der Waals surface area contributed by atoms with Gasteiger partial charge in [-0.05, 0) is 18.9 Å². The predicted molar refractivity (Wildman–Crippen MR) is 68.5 cm³/mol. The number of nitro groups is 1. The van der Waals surface area contributed by atoms with Gasteiger partial charge in [0.25, 0.3) is 5.69 Å². The molecule has 1 heterocycles. The molecule has 0 spiro atoms. The molecular weight excluding hydrogens is 246 g/mol. The molecular formula is C13H13N3O3. The average Bonchev–Trinajstić information content (AvgIpc) is 3.13. The van der Waals surface area contributed by atoms with Gasteiger partial charge in [-0.3, -0.25) is 10.1 Å². The van der Waals surface area contributed by atoms with Crippen LogP contribution in [0.25, 0.3) is 11.5 Å². The van der Waals surface area contributed by atoms with Crippen LogP contribution in [0.3, 0.4) is 0 Å². The van der Waals surface area contributed by atoms with Crippen molar-refractivity contribution in [1.82, 2.24) is 10.3 Å². The van der Waals surface area contributed by atoms with E-state index in [1.807, 2.05) is 0 Å². The molecule has 0 unspecified atom stereocenters. The van der Waals surface area contributed by atoms with Crippen LogP contribution in [0, 0.1) is 10.1 Å². The number of hydrogen-bond acceptors (Lipinski definition) is 5. The van der Waals surface area contributed by atoms with Crippen molar-refractivity contribution in [3.63, 3.8) is 0 Å². The Hall–Kier alpha value is -2.21. The molecule has 0 atom stereocenters. The second-order valence-corrected chi connectivity index (χ2v) is 4.61. The zero-order valence-electron chi connectivity index (χ0n) is 10.2. The van der Waals surface area contributed by atoms with Gasteiger partial charge >= 0.3 is 0 Å². The molecule has 1 aromatic heterocycles. The number of nitrogens with one attached hydrogen (secondary N) is 1. The van der Waals surface area contributed by atoms with Crippen molar-refractivity contribution in [1.29, 1.82) is 0 Å². The Balaban J connectivity index is 1.77. The second kappa shape index (κ2) is 4.81. The lowest BCUT2D eigenvalue weighted by Crippen LogP contribution is -2.15. The van der Waals surface area contributed by atoms with Crippen LogP contribution in [-0.2, 0) is 6.54 Å². The molecule has 1 aliphatic carbocycles. The van der Waals surface area contributed by atoms with Crippen LogP contribution in [0.2, 0.25) is 0 Å². The number of non-ortho nitro benzene ring substituents is 1. The van der Waals surface area contributed by atoms with Crippen LogP contribution in [0.15, 0.2) is 34.9 Å². The Morgan fingerprint density at radius 1 is 1.47 bits per heavy atom. The molecule has 1 N–H and O–H groups in total. The summed E-state index contributed by atoms with van der Waals surface area (Å²) >= 11 is 0. The van der Waals surface area contributed by atoms with E-state index in [1.54, 1.807) is 18.4 Å². The standard InChI is InChI=1S/C13H13N3O3/c17-16(18)12-3-1-2-9(6-12)13-15-11(8-19-13)7-14-10-4-5-10/h1-3,6,8,10,14H,4-5,7H2. The van der Waals surface area contributed by atoms with Crippen molar-refractivity contribution in [3.05, 3.63) is 46.3 Å². The fourth-order valence-electron chi connectivity index (χ4n) is 1.81. The molecule has 1 fully saturated rings. The summed E-state index contributed by atoms with van der Waals surface area (Å²) in [5.74, 6) is 0.413. The van der Waals surface area contributed by atoms with Crippen molar-refractivity contribution in [2.75, 3.05) is 0 Å². The summed E-state index contributed by atoms with van der Waals surface area (Å²) in [6, 6.07) is 6.89. The Bertz CT molecular complexity index is 605. The zero-order valence-corrected chi connectivity index (χ0v) is 10.2. The Labute approximate surface area is 109 Å². The highest BCUT2D eigenvalue weighted by Gasteiger charge is 2.20. The topological polar surface area (TPSA) is 81.2 Å². The third-order valence-electron chi connectivity index (χ3n) is 3.00. The Kier molecular flexibility index (Phi) is 3.00. The molecule has 0 saturated heterocycles. The van der Waals surface area contributed by atoms with Crippen LogP contribution >= 0.6 is 0 Å². The highest BCUT2D eigenvalue weighted by Crippen LogP contribution is 2.24. The van der Waals surface area contributed by atoms with E-state index in [1.165, 1.54) is 25.0 Å². The molecule has 3 rings (SSSR count). The molecule has 0 bridgehead atoms. The summed E-state index contributed by atoms with van der Waals surface area (Å²) in [5.41, 5.74) is 1.47. The minimum atomic E-state index is -0.429. The van der Waals surface area contributed by atoms with Crippen LogP contribution in [-0.4, -0.2) is 15.9 Å². The quantitative estimate of drug-likeness (QED) is 0.659. The Morgan fingerprint density at radius 2 is 2.32 bits per heavy atom. The lowest BCUT2D eigenvalue weighted by molar-refractivity contribution is -0.384. The van der Waals surface area contributed by atoms with E-state index in [0.717, 1.165) is 5.69 Å². The van der Waals surface area contributed by atoms with Gasteiger partial charge in [0.1, 0.15) is 6.26 Å². The van der Waals surface area contributed by atoms with Gasteiger partial charge in [-0.2, -0.15) is 0 Å². The largest absolute Gasteiger partial charge is 0.444 e. The maximum atomic E-state index is 10.7. The van der Waals surface area contributed by atoms with Gasteiger partial charge in [0, 0.05) is 30.3 Å². The van der Waals surface area contributed by atoms with Gasteiger partial charge in [0.2, 0.25) is 5.89 Å². The molecule has 6 heteroatoms.